The van der Waals surface area contributed by atoms with Crippen LogP contribution in [0.3, 0.4) is 0 Å². The topological polar surface area (TPSA) is 35.5 Å². The van der Waals surface area contributed by atoms with Crippen molar-refractivity contribution < 1.29 is 5.11 Å². The van der Waals surface area contributed by atoms with Crippen LogP contribution >= 0.6 is 0 Å². The molecule has 1 aliphatic heterocycles. The normalized spacial score (nSPS) is 27.8. The molecular formula is C8H18N2O. The average Bonchev–Trinajstić information content (AvgIpc) is 2.35. The molecule has 0 aliphatic carbocycles. The molecule has 3 nitrogen and oxygen atoms in total. The molecule has 2 N–H and O–H groups in total. The van der Waals surface area contributed by atoms with Crippen LogP contribution in [0.4, 0.5) is 0 Å². The third-order valence-electron chi connectivity index (χ3n) is 2.19. The minimum Gasteiger partial charge on any atom is -0.391 e. The van der Waals surface area contributed by atoms with Crippen molar-refractivity contribution in [1.29, 1.82) is 0 Å². The molecule has 1 heterocycles. The Kier molecular flexibility index (Phi) is 3.30. The van der Waals surface area contributed by atoms with Crippen LogP contribution in [-0.4, -0.2) is 49.8 Å². The van der Waals surface area contributed by atoms with Crippen molar-refractivity contribution >= 4 is 0 Å². The molecule has 2 atom stereocenters. The van der Waals surface area contributed by atoms with Gasteiger partial charge in [-0.25, -0.2) is 0 Å². The molecule has 11 heavy (non-hydrogen) atoms. The van der Waals surface area contributed by atoms with Gasteiger partial charge in [-0.2, -0.15) is 0 Å². The van der Waals surface area contributed by atoms with E-state index in [0.29, 0.717) is 5.92 Å². The molecule has 2 unspecified atom stereocenters. The second-order valence-corrected chi connectivity index (χ2v) is 3.58. The van der Waals surface area contributed by atoms with Gasteiger partial charge in [0.15, 0.2) is 0 Å². The molecule has 3 heteroatoms. The second kappa shape index (κ2) is 4.04. The van der Waals surface area contributed by atoms with Crippen molar-refractivity contribution in [2.24, 2.45) is 5.92 Å². The van der Waals surface area contributed by atoms with Crippen molar-refractivity contribution in [3.05, 3.63) is 0 Å². The van der Waals surface area contributed by atoms with Crippen LogP contribution in [0.5, 0.6) is 0 Å². The third-order valence-corrected chi connectivity index (χ3v) is 2.19. The Morgan fingerprint density at radius 3 is 2.82 bits per heavy atom. The van der Waals surface area contributed by atoms with Gasteiger partial charge in [0.25, 0.3) is 0 Å². The summed E-state index contributed by atoms with van der Waals surface area (Å²) in [6, 6.07) is 0. The third kappa shape index (κ3) is 2.77. The fourth-order valence-electron chi connectivity index (χ4n) is 1.53. The van der Waals surface area contributed by atoms with Gasteiger partial charge in [0.05, 0.1) is 6.10 Å². The standard InChI is InChI=1S/C8H18N2O/c1-10(2)6-8(11)7-3-4-9-5-7/h7-9,11H,3-6H2,1-2H3. The van der Waals surface area contributed by atoms with Crippen molar-refractivity contribution in [3.8, 4) is 0 Å². The first-order chi connectivity index (χ1) is 5.20. The predicted octanol–water partition coefficient (Wildman–Crippen LogP) is -0.482. The number of hydrogen-bond donors (Lipinski definition) is 2. The SMILES string of the molecule is CN(C)CC(O)C1CCNC1. The van der Waals surface area contributed by atoms with Gasteiger partial charge in [-0.05, 0) is 33.0 Å². The van der Waals surface area contributed by atoms with Gasteiger partial charge < -0.3 is 15.3 Å². The summed E-state index contributed by atoms with van der Waals surface area (Å²) >= 11 is 0. The fraction of sp³-hybridized carbons (Fsp3) is 1.00. The molecule has 0 aromatic rings. The van der Waals surface area contributed by atoms with E-state index < -0.39 is 0 Å². The Bertz CT molecular complexity index is 111. The maximum atomic E-state index is 9.64. The van der Waals surface area contributed by atoms with Crippen LogP contribution in [0.1, 0.15) is 6.42 Å². The highest BCUT2D eigenvalue weighted by atomic mass is 16.3. The van der Waals surface area contributed by atoms with E-state index in [2.05, 4.69) is 5.32 Å². The summed E-state index contributed by atoms with van der Waals surface area (Å²) in [5, 5.41) is 12.9. The minimum absolute atomic E-state index is 0.153. The number of nitrogens with zero attached hydrogens (tertiary/aromatic N) is 1. The zero-order valence-corrected chi connectivity index (χ0v) is 7.38. The summed E-state index contributed by atoms with van der Waals surface area (Å²) in [6.07, 6.45) is 0.967. The molecule has 1 saturated heterocycles. The van der Waals surface area contributed by atoms with Crippen molar-refractivity contribution in [2.75, 3.05) is 33.7 Å². The average molecular weight is 158 g/mol. The summed E-state index contributed by atoms with van der Waals surface area (Å²) in [7, 11) is 3.98. The Balaban J connectivity index is 2.22. The van der Waals surface area contributed by atoms with E-state index in [0.717, 1.165) is 26.1 Å². The number of likely N-dealkylation sites (N-methyl/N-ethyl adjacent to an activating group) is 1. The lowest BCUT2D eigenvalue weighted by Gasteiger charge is -2.20. The molecule has 0 aromatic heterocycles. The molecule has 1 fully saturated rings. The summed E-state index contributed by atoms with van der Waals surface area (Å²) < 4.78 is 0. The molecule has 0 aromatic carbocycles. The van der Waals surface area contributed by atoms with E-state index in [1.54, 1.807) is 0 Å². The highest BCUT2D eigenvalue weighted by Crippen LogP contribution is 2.12. The Morgan fingerprint density at radius 2 is 2.36 bits per heavy atom. The van der Waals surface area contributed by atoms with E-state index in [1.807, 2.05) is 19.0 Å². The highest BCUT2D eigenvalue weighted by Gasteiger charge is 2.22. The maximum absolute atomic E-state index is 9.64. The van der Waals surface area contributed by atoms with Gasteiger partial charge >= 0.3 is 0 Å². The summed E-state index contributed by atoms with van der Waals surface area (Å²) in [4.78, 5) is 2.03. The first kappa shape index (κ1) is 8.97. The molecular weight excluding hydrogens is 140 g/mol. The highest BCUT2D eigenvalue weighted by molar-refractivity contribution is 4.78. The minimum atomic E-state index is -0.153. The van der Waals surface area contributed by atoms with E-state index in [9.17, 15) is 5.11 Å². The predicted molar refractivity (Wildman–Crippen MR) is 45.5 cm³/mol. The van der Waals surface area contributed by atoms with Gasteiger partial charge in [0.1, 0.15) is 0 Å². The maximum Gasteiger partial charge on any atom is 0.0707 e. The number of hydrogen-bond acceptors (Lipinski definition) is 3. The molecule has 1 aliphatic rings. The van der Waals surface area contributed by atoms with Gasteiger partial charge in [0, 0.05) is 13.1 Å². The lowest BCUT2D eigenvalue weighted by molar-refractivity contribution is 0.0876. The monoisotopic (exact) mass is 158 g/mol. The van der Waals surface area contributed by atoms with Gasteiger partial charge in [-0.3, -0.25) is 0 Å². The summed E-state index contributed by atoms with van der Waals surface area (Å²) in [5.41, 5.74) is 0. The molecule has 0 bridgehead atoms. The van der Waals surface area contributed by atoms with E-state index in [4.69, 9.17) is 0 Å². The van der Waals surface area contributed by atoms with Crippen LogP contribution in [0.15, 0.2) is 0 Å². The molecule has 1 rings (SSSR count). The van der Waals surface area contributed by atoms with Crippen LogP contribution in [0.2, 0.25) is 0 Å². The molecule has 66 valence electrons. The first-order valence-electron chi connectivity index (χ1n) is 4.23. The molecule has 0 saturated carbocycles. The van der Waals surface area contributed by atoms with Crippen LogP contribution in [-0.2, 0) is 0 Å². The zero-order chi connectivity index (χ0) is 8.27. The zero-order valence-electron chi connectivity index (χ0n) is 7.38. The smallest absolute Gasteiger partial charge is 0.0707 e. The van der Waals surface area contributed by atoms with Gasteiger partial charge in [0.2, 0.25) is 0 Å². The van der Waals surface area contributed by atoms with Crippen molar-refractivity contribution in [1.82, 2.24) is 10.2 Å². The molecule has 0 spiro atoms. The van der Waals surface area contributed by atoms with Gasteiger partial charge in [-0.1, -0.05) is 0 Å². The molecule has 0 amide bonds. The first-order valence-corrected chi connectivity index (χ1v) is 4.23. The van der Waals surface area contributed by atoms with E-state index in [1.165, 1.54) is 0 Å². The number of rotatable bonds is 3. The second-order valence-electron chi connectivity index (χ2n) is 3.58. The quantitative estimate of drug-likeness (QED) is 0.582. The van der Waals surface area contributed by atoms with Crippen LogP contribution < -0.4 is 5.32 Å². The van der Waals surface area contributed by atoms with Crippen LogP contribution in [0, 0.1) is 5.92 Å². The summed E-state index contributed by atoms with van der Waals surface area (Å²) in [6.45, 7) is 2.83. The number of nitrogens with one attached hydrogen (secondary N) is 1. The summed E-state index contributed by atoms with van der Waals surface area (Å²) in [5.74, 6) is 0.470. The fourth-order valence-corrected chi connectivity index (χ4v) is 1.53. The van der Waals surface area contributed by atoms with Crippen molar-refractivity contribution in [2.45, 2.75) is 12.5 Å². The molecule has 0 radical (unpaired) electrons. The van der Waals surface area contributed by atoms with E-state index in [-0.39, 0.29) is 6.10 Å². The van der Waals surface area contributed by atoms with Gasteiger partial charge in [-0.15, -0.1) is 0 Å². The largest absolute Gasteiger partial charge is 0.391 e. The lowest BCUT2D eigenvalue weighted by Crippen LogP contribution is -2.33. The number of aliphatic hydroxyl groups excluding tert-OH is 1. The lowest BCUT2D eigenvalue weighted by atomic mass is 10.0. The Labute approximate surface area is 68.4 Å². The van der Waals surface area contributed by atoms with E-state index >= 15 is 0 Å². The Morgan fingerprint density at radius 1 is 1.64 bits per heavy atom. The Hall–Kier alpha value is -0.120. The van der Waals surface area contributed by atoms with Crippen molar-refractivity contribution in [3.63, 3.8) is 0 Å². The number of aliphatic hydroxyl groups is 1. The van der Waals surface area contributed by atoms with Crippen LogP contribution in [0.25, 0.3) is 0 Å².